The Morgan fingerprint density at radius 1 is 1.39 bits per heavy atom. The van der Waals surface area contributed by atoms with E-state index in [1.54, 1.807) is 0 Å². The minimum Gasteiger partial charge on any atom is -0.378 e. The van der Waals surface area contributed by atoms with Gasteiger partial charge in [0.1, 0.15) is 6.10 Å². The Hall–Kier alpha value is -1.55. The van der Waals surface area contributed by atoms with Crippen LogP contribution in [0.1, 0.15) is 18.4 Å². The van der Waals surface area contributed by atoms with Gasteiger partial charge in [0.15, 0.2) is 0 Å². The Kier molecular flexibility index (Phi) is 4.20. The summed E-state index contributed by atoms with van der Waals surface area (Å²) in [4.78, 5) is 13.8. The standard InChI is InChI=1S/C14H20N2O2/c1-16(2)12-7-5-11(6-8-12)10-15-14(17)13-4-3-9-18-13/h5-8,13H,3-4,9-10H2,1-2H3,(H,15,17)/t13-/m0/s1. The van der Waals surface area contributed by atoms with Crippen LogP contribution in [0.5, 0.6) is 0 Å². The molecule has 1 aliphatic heterocycles. The molecule has 1 fully saturated rings. The smallest absolute Gasteiger partial charge is 0.249 e. The minimum atomic E-state index is -0.244. The van der Waals surface area contributed by atoms with Crippen LogP contribution in [0.2, 0.25) is 0 Å². The minimum absolute atomic E-state index is 0.00388. The van der Waals surface area contributed by atoms with Crippen molar-refractivity contribution in [3.05, 3.63) is 29.8 Å². The number of carbonyl (C=O) groups is 1. The van der Waals surface area contributed by atoms with Gasteiger partial charge in [0, 0.05) is 32.9 Å². The summed E-state index contributed by atoms with van der Waals surface area (Å²) in [5.41, 5.74) is 2.26. The van der Waals surface area contributed by atoms with Crippen molar-refractivity contribution in [1.82, 2.24) is 5.32 Å². The average molecular weight is 248 g/mol. The second kappa shape index (κ2) is 5.87. The number of amides is 1. The first-order chi connectivity index (χ1) is 8.66. The lowest BCUT2D eigenvalue weighted by Gasteiger charge is -2.13. The van der Waals surface area contributed by atoms with E-state index in [4.69, 9.17) is 4.74 Å². The zero-order valence-electron chi connectivity index (χ0n) is 11.0. The van der Waals surface area contributed by atoms with E-state index in [-0.39, 0.29) is 12.0 Å². The van der Waals surface area contributed by atoms with E-state index in [0.29, 0.717) is 13.2 Å². The summed E-state index contributed by atoms with van der Waals surface area (Å²) in [6.07, 6.45) is 1.58. The Morgan fingerprint density at radius 3 is 2.67 bits per heavy atom. The average Bonchev–Trinajstić information content (AvgIpc) is 2.90. The van der Waals surface area contributed by atoms with Gasteiger partial charge in [-0.1, -0.05) is 12.1 Å². The molecule has 1 aromatic carbocycles. The van der Waals surface area contributed by atoms with Crippen LogP contribution in [0.25, 0.3) is 0 Å². The van der Waals surface area contributed by atoms with Crippen LogP contribution in [-0.2, 0) is 16.1 Å². The van der Waals surface area contributed by atoms with E-state index in [1.165, 1.54) is 0 Å². The normalized spacial score (nSPS) is 18.7. The van der Waals surface area contributed by atoms with E-state index in [1.807, 2.05) is 38.4 Å². The molecule has 1 aliphatic rings. The van der Waals surface area contributed by atoms with Gasteiger partial charge in [-0.15, -0.1) is 0 Å². The summed E-state index contributed by atoms with van der Waals surface area (Å²) in [5, 5.41) is 2.91. The van der Waals surface area contributed by atoms with E-state index in [9.17, 15) is 4.79 Å². The lowest BCUT2D eigenvalue weighted by molar-refractivity contribution is -0.130. The summed E-state index contributed by atoms with van der Waals surface area (Å²) in [7, 11) is 4.02. The van der Waals surface area contributed by atoms with Crippen molar-refractivity contribution in [2.45, 2.75) is 25.5 Å². The quantitative estimate of drug-likeness (QED) is 0.879. The third kappa shape index (κ3) is 3.23. The van der Waals surface area contributed by atoms with Crippen molar-refractivity contribution < 1.29 is 9.53 Å². The molecule has 2 rings (SSSR count). The first-order valence-electron chi connectivity index (χ1n) is 6.32. The molecular weight excluding hydrogens is 228 g/mol. The maximum Gasteiger partial charge on any atom is 0.249 e. The molecule has 0 spiro atoms. The summed E-state index contributed by atoms with van der Waals surface area (Å²) in [5.74, 6) is 0.00388. The molecule has 0 saturated carbocycles. The predicted molar refractivity (Wildman–Crippen MR) is 71.6 cm³/mol. The highest BCUT2D eigenvalue weighted by Crippen LogP contribution is 2.14. The van der Waals surface area contributed by atoms with Gasteiger partial charge in [-0.05, 0) is 30.5 Å². The highest BCUT2D eigenvalue weighted by molar-refractivity contribution is 5.80. The number of nitrogens with zero attached hydrogens (tertiary/aromatic N) is 1. The zero-order valence-corrected chi connectivity index (χ0v) is 11.0. The van der Waals surface area contributed by atoms with Crippen molar-refractivity contribution in [3.8, 4) is 0 Å². The number of hydrogen-bond donors (Lipinski definition) is 1. The predicted octanol–water partition coefficient (Wildman–Crippen LogP) is 1.55. The van der Waals surface area contributed by atoms with Crippen molar-refractivity contribution in [2.24, 2.45) is 0 Å². The Bertz CT molecular complexity index is 395. The zero-order chi connectivity index (χ0) is 13.0. The Labute approximate surface area is 108 Å². The number of anilines is 1. The van der Waals surface area contributed by atoms with Crippen LogP contribution < -0.4 is 10.2 Å². The molecule has 0 bridgehead atoms. The molecule has 18 heavy (non-hydrogen) atoms. The first-order valence-corrected chi connectivity index (χ1v) is 6.32. The number of rotatable bonds is 4. The van der Waals surface area contributed by atoms with Crippen LogP contribution in [0, 0.1) is 0 Å². The fourth-order valence-electron chi connectivity index (χ4n) is 2.00. The molecule has 1 amide bonds. The fraction of sp³-hybridized carbons (Fsp3) is 0.500. The topological polar surface area (TPSA) is 41.6 Å². The molecule has 1 aromatic rings. The number of benzene rings is 1. The van der Waals surface area contributed by atoms with Crippen LogP contribution in [-0.4, -0.2) is 32.7 Å². The van der Waals surface area contributed by atoms with Gasteiger partial charge >= 0.3 is 0 Å². The third-order valence-corrected chi connectivity index (χ3v) is 3.14. The summed E-state index contributed by atoms with van der Waals surface area (Å²) < 4.78 is 5.34. The maximum atomic E-state index is 11.7. The van der Waals surface area contributed by atoms with Gasteiger partial charge in [0.25, 0.3) is 0 Å². The second-order valence-electron chi connectivity index (χ2n) is 4.78. The molecule has 1 heterocycles. The summed E-state index contributed by atoms with van der Waals surface area (Å²) in [6, 6.07) is 8.16. The fourth-order valence-corrected chi connectivity index (χ4v) is 2.00. The van der Waals surface area contributed by atoms with Gasteiger partial charge in [-0.2, -0.15) is 0 Å². The second-order valence-corrected chi connectivity index (χ2v) is 4.78. The van der Waals surface area contributed by atoms with Crippen LogP contribution in [0.3, 0.4) is 0 Å². The molecule has 4 heteroatoms. The number of nitrogens with one attached hydrogen (secondary N) is 1. The lowest BCUT2D eigenvalue weighted by atomic mass is 10.2. The van der Waals surface area contributed by atoms with Crippen LogP contribution in [0.15, 0.2) is 24.3 Å². The molecule has 4 nitrogen and oxygen atoms in total. The Balaban J connectivity index is 1.84. The maximum absolute atomic E-state index is 11.7. The molecule has 0 radical (unpaired) electrons. The largest absolute Gasteiger partial charge is 0.378 e. The molecule has 0 aromatic heterocycles. The highest BCUT2D eigenvalue weighted by Gasteiger charge is 2.22. The number of ether oxygens (including phenoxy) is 1. The summed E-state index contributed by atoms with van der Waals surface area (Å²) >= 11 is 0. The van der Waals surface area contributed by atoms with Gasteiger partial charge in [0.2, 0.25) is 5.91 Å². The van der Waals surface area contributed by atoms with E-state index < -0.39 is 0 Å². The molecule has 1 atom stereocenters. The van der Waals surface area contributed by atoms with Crippen molar-refractivity contribution in [2.75, 3.05) is 25.6 Å². The van der Waals surface area contributed by atoms with Crippen molar-refractivity contribution in [3.63, 3.8) is 0 Å². The SMILES string of the molecule is CN(C)c1ccc(CNC(=O)[C@@H]2CCCO2)cc1. The number of carbonyl (C=O) groups excluding carboxylic acids is 1. The summed E-state index contributed by atoms with van der Waals surface area (Å²) in [6.45, 7) is 1.27. The van der Waals surface area contributed by atoms with Gasteiger partial charge in [0.05, 0.1) is 0 Å². The lowest BCUT2D eigenvalue weighted by Crippen LogP contribution is -2.33. The van der Waals surface area contributed by atoms with Crippen molar-refractivity contribution >= 4 is 11.6 Å². The molecule has 1 N–H and O–H groups in total. The van der Waals surface area contributed by atoms with Gasteiger partial charge < -0.3 is 15.0 Å². The molecule has 0 unspecified atom stereocenters. The molecule has 98 valence electrons. The van der Waals surface area contributed by atoms with Gasteiger partial charge in [-0.3, -0.25) is 4.79 Å². The number of hydrogen-bond acceptors (Lipinski definition) is 3. The third-order valence-electron chi connectivity index (χ3n) is 3.14. The van der Waals surface area contributed by atoms with Crippen molar-refractivity contribution in [1.29, 1.82) is 0 Å². The highest BCUT2D eigenvalue weighted by atomic mass is 16.5. The molecule has 1 saturated heterocycles. The van der Waals surface area contributed by atoms with E-state index in [0.717, 1.165) is 24.1 Å². The van der Waals surface area contributed by atoms with Crippen LogP contribution in [0.4, 0.5) is 5.69 Å². The van der Waals surface area contributed by atoms with Crippen LogP contribution >= 0.6 is 0 Å². The molecular formula is C14H20N2O2. The van der Waals surface area contributed by atoms with E-state index >= 15 is 0 Å². The van der Waals surface area contributed by atoms with Gasteiger partial charge in [-0.25, -0.2) is 0 Å². The van der Waals surface area contributed by atoms with E-state index in [2.05, 4.69) is 10.2 Å². The monoisotopic (exact) mass is 248 g/mol. The molecule has 0 aliphatic carbocycles. The first kappa shape index (κ1) is 12.9. The Morgan fingerprint density at radius 2 is 2.11 bits per heavy atom.